The van der Waals surface area contributed by atoms with Crippen molar-refractivity contribution in [1.29, 1.82) is 0 Å². The molecule has 0 amide bonds. The van der Waals surface area contributed by atoms with Gasteiger partial charge in [0.05, 0.1) is 15.4 Å². The number of nitro groups is 1. The summed E-state index contributed by atoms with van der Waals surface area (Å²) in [6.07, 6.45) is 0. The van der Waals surface area contributed by atoms with E-state index in [9.17, 15) is 19.3 Å². The van der Waals surface area contributed by atoms with Crippen molar-refractivity contribution in [2.45, 2.75) is 16.7 Å². The molecule has 2 rings (SSSR count). The van der Waals surface area contributed by atoms with Gasteiger partial charge in [0.15, 0.2) is 0 Å². The van der Waals surface area contributed by atoms with Crippen LogP contribution in [0.3, 0.4) is 0 Å². The summed E-state index contributed by atoms with van der Waals surface area (Å²) in [7, 11) is 0. The van der Waals surface area contributed by atoms with Gasteiger partial charge in [-0.1, -0.05) is 23.9 Å². The lowest BCUT2D eigenvalue weighted by Crippen LogP contribution is -1.99. The van der Waals surface area contributed by atoms with Crippen LogP contribution < -0.4 is 0 Å². The maximum absolute atomic E-state index is 13.6. The SMILES string of the molecule is Cc1cc([N+](=O)[O-])c(Sc2ccccc2C(=O)O)cc1F. The first-order valence-corrected chi connectivity index (χ1v) is 6.66. The summed E-state index contributed by atoms with van der Waals surface area (Å²) in [5, 5.41) is 20.1. The molecule has 2 aromatic carbocycles. The molecule has 0 aromatic heterocycles. The lowest BCUT2D eigenvalue weighted by molar-refractivity contribution is -0.387. The summed E-state index contributed by atoms with van der Waals surface area (Å²) in [6.45, 7) is 1.43. The van der Waals surface area contributed by atoms with Gasteiger partial charge in [-0.15, -0.1) is 0 Å². The number of carboxylic acids is 1. The average Bonchev–Trinajstić information content (AvgIpc) is 2.42. The van der Waals surface area contributed by atoms with Gasteiger partial charge in [-0.05, 0) is 30.7 Å². The molecule has 0 radical (unpaired) electrons. The molecule has 0 unspecified atom stereocenters. The fourth-order valence-electron chi connectivity index (χ4n) is 1.72. The van der Waals surface area contributed by atoms with Crippen molar-refractivity contribution in [3.8, 4) is 0 Å². The van der Waals surface area contributed by atoms with Crippen LogP contribution in [-0.4, -0.2) is 16.0 Å². The fourth-order valence-corrected chi connectivity index (χ4v) is 2.77. The summed E-state index contributed by atoms with van der Waals surface area (Å²) in [5.74, 6) is -1.72. The fraction of sp³-hybridized carbons (Fsp3) is 0.0714. The molecule has 0 saturated heterocycles. The molecule has 0 aliphatic carbocycles. The Morgan fingerprint density at radius 3 is 2.57 bits per heavy atom. The lowest BCUT2D eigenvalue weighted by atomic mass is 10.2. The van der Waals surface area contributed by atoms with Crippen LogP contribution in [0.5, 0.6) is 0 Å². The Kier molecular flexibility index (Phi) is 4.23. The smallest absolute Gasteiger partial charge is 0.336 e. The average molecular weight is 307 g/mol. The Balaban J connectivity index is 2.52. The molecule has 0 fully saturated rings. The molecule has 0 bridgehead atoms. The lowest BCUT2D eigenvalue weighted by Gasteiger charge is -2.07. The number of nitrogens with zero attached hydrogens (tertiary/aromatic N) is 1. The van der Waals surface area contributed by atoms with E-state index in [-0.39, 0.29) is 21.7 Å². The molecule has 0 atom stereocenters. The summed E-state index contributed by atoms with van der Waals surface area (Å²) >= 11 is 0.858. The number of hydrogen-bond acceptors (Lipinski definition) is 4. The maximum atomic E-state index is 13.6. The molecule has 21 heavy (non-hydrogen) atoms. The van der Waals surface area contributed by atoms with Crippen molar-refractivity contribution < 1.29 is 19.2 Å². The third kappa shape index (κ3) is 3.19. The molecule has 1 N–H and O–H groups in total. The standard InChI is InChI=1S/C14H10FNO4S/c1-8-6-11(16(19)20)13(7-10(8)15)21-12-5-3-2-4-9(12)14(17)18/h2-7H,1H3,(H,17,18). The van der Waals surface area contributed by atoms with Crippen molar-refractivity contribution in [2.75, 3.05) is 0 Å². The van der Waals surface area contributed by atoms with Crippen molar-refractivity contribution in [1.82, 2.24) is 0 Å². The summed E-state index contributed by atoms with van der Waals surface area (Å²) in [5.41, 5.74) is -0.0746. The largest absolute Gasteiger partial charge is 0.478 e. The monoisotopic (exact) mass is 307 g/mol. The molecule has 2 aromatic rings. The highest BCUT2D eigenvalue weighted by atomic mass is 32.2. The molecule has 0 saturated carbocycles. The number of nitro benzene ring substituents is 1. The molecule has 0 heterocycles. The second-order valence-corrected chi connectivity index (χ2v) is 5.31. The number of rotatable bonds is 4. The van der Waals surface area contributed by atoms with Crippen molar-refractivity contribution in [3.63, 3.8) is 0 Å². The van der Waals surface area contributed by atoms with E-state index in [1.807, 2.05) is 0 Å². The van der Waals surface area contributed by atoms with Crippen molar-refractivity contribution >= 4 is 23.4 Å². The third-order valence-corrected chi connectivity index (χ3v) is 3.90. The van der Waals surface area contributed by atoms with Gasteiger partial charge in [0.25, 0.3) is 5.69 Å². The zero-order valence-electron chi connectivity index (χ0n) is 10.9. The molecule has 0 aliphatic rings. The van der Waals surface area contributed by atoms with Crippen LogP contribution >= 0.6 is 11.8 Å². The van der Waals surface area contributed by atoms with E-state index in [1.165, 1.54) is 19.1 Å². The number of aryl methyl sites for hydroxylation is 1. The molecule has 0 aliphatic heterocycles. The first-order valence-electron chi connectivity index (χ1n) is 5.85. The van der Waals surface area contributed by atoms with Gasteiger partial charge in [0, 0.05) is 11.0 Å². The van der Waals surface area contributed by atoms with Crippen LogP contribution in [-0.2, 0) is 0 Å². The Labute approximate surface area is 123 Å². The number of halogens is 1. The number of benzene rings is 2. The topological polar surface area (TPSA) is 80.4 Å². The highest BCUT2D eigenvalue weighted by molar-refractivity contribution is 7.99. The Bertz CT molecular complexity index is 733. The van der Waals surface area contributed by atoms with E-state index >= 15 is 0 Å². The van der Waals surface area contributed by atoms with Crippen LogP contribution in [0.25, 0.3) is 0 Å². The number of aromatic carboxylic acids is 1. The normalized spacial score (nSPS) is 10.4. The second kappa shape index (κ2) is 5.92. The first-order chi connectivity index (χ1) is 9.90. The van der Waals surface area contributed by atoms with Crippen LogP contribution in [0, 0.1) is 22.9 Å². The Hall–Kier alpha value is -2.41. The second-order valence-electron chi connectivity index (χ2n) is 4.23. The molecule has 108 valence electrons. The summed E-state index contributed by atoms with van der Waals surface area (Å²) < 4.78 is 13.6. The molecular formula is C14H10FNO4S. The first kappa shape index (κ1) is 15.0. The predicted octanol–water partition coefficient (Wildman–Crippen LogP) is 3.89. The van der Waals surface area contributed by atoms with Crippen LogP contribution in [0.4, 0.5) is 10.1 Å². The van der Waals surface area contributed by atoms with E-state index in [0.29, 0.717) is 4.90 Å². The van der Waals surface area contributed by atoms with Gasteiger partial charge >= 0.3 is 5.97 Å². The summed E-state index contributed by atoms with van der Waals surface area (Å²) in [4.78, 5) is 21.9. The third-order valence-electron chi connectivity index (χ3n) is 2.77. The van der Waals surface area contributed by atoms with Crippen LogP contribution in [0.2, 0.25) is 0 Å². The number of carboxylic acid groups (broad SMARTS) is 1. The molecule has 0 spiro atoms. The Morgan fingerprint density at radius 1 is 1.29 bits per heavy atom. The van der Waals surface area contributed by atoms with Crippen LogP contribution in [0.15, 0.2) is 46.2 Å². The quantitative estimate of drug-likeness (QED) is 0.684. The predicted molar refractivity (Wildman–Crippen MR) is 75.3 cm³/mol. The van der Waals surface area contributed by atoms with Crippen LogP contribution in [0.1, 0.15) is 15.9 Å². The van der Waals surface area contributed by atoms with E-state index in [0.717, 1.165) is 23.9 Å². The van der Waals surface area contributed by atoms with Gasteiger partial charge in [0.2, 0.25) is 0 Å². The minimum Gasteiger partial charge on any atom is -0.478 e. The highest BCUT2D eigenvalue weighted by Gasteiger charge is 2.20. The van der Waals surface area contributed by atoms with E-state index < -0.39 is 16.7 Å². The highest BCUT2D eigenvalue weighted by Crippen LogP contribution is 2.37. The van der Waals surface area contributed by atoms with E-state index in [4.69, 9.17) is 5.11 Å². The van der Waals surface area contributed by atoms with Crippen molar-refractivity contribution in [2.24, 2.45) is 0 Å². The minimum absolute atomic E-state index is 0.0118. The zero-order valence-corrected chi connectivity index (χ0v) is 11.7. The van der Waals surface area contributed by atoms with E-state index in [1.54, 1.807) is 12.1 Å². The number of hydrogen-bond donors (Lipinski definition) is 1. The molecule has 7 heteroatoms. The van der Waals surface area contributed by atoms with E-state index in [2.05, 4.69) is 0 Å². The van der Waals surface area contributed by atoms with Gasteiger partial charge in [-0.2, -0.15) is 0 Å². The Morgan fingerprint density at radius 2 is 1.95 bits per heavy atom. The molecule has 5 nitrogen and oxygen atoms in total. The molecular weight excluding hydrogens is 297 g/mol. The van der Waals surface area contributed by atoms with Crippen molar-refractivity contribution in [3.05, 3.63) is 63.5 Å². The van der Waals surface area contributed by atoms with Gasteiger partial charge in [-0.3, -0.25) is 10.1 Å². The minimum atomic E-state index is -1.15. The summed E-state index contributed by atoms with van der Waals surface area (Å²) in [6, 6.07) is 8.28. The van der Waals surface area contributed by atoms with Gasteiger partial charge < -0.3 is 5.11 Å². The maximum Gasteiger partial charge on any atom is 0.336 e. The number of carbonyl (C=O) groups is 1. The van der Waals surface area contributed by atoms with Gasteiger partial charge in [0.1, 0.15) is 5.82 Å². The zero-order chi connectivity index (χ0) is 15.6. The van der Waals surface area contributed by atoms with Gasteiger partial charge in [-0.25, -0.2) is 9.18 Å².